The Morgan fingerprint density at radius 2 is 2.04 bits per heavy atom. The molecular formula is C17H14F2N2O3. The highest BCUT2D eigenvalue weighted by atomic mass is 19.1. The number of methoxy groups -OCH3 is 1. The van der Waals surface area contributed by atoms with Crippen molar-refractivity contribution >= 4 is 11.6 Å². The number of amides is 1. The molecule has 1 aromatic carbocycles. The summed E-state index contributed by atoms with van der Waals surface area (Å²) in [6.07, 6.45) is 4.77. The van der Waals surface area contributed by atoms with Crippen molar-refractivity contribution in [1.29, 1.82) is 0 Å². The summed E-state index contributed by atoms with van der Waals surface area (Å²) < 4.78 is 38.4. The second kappa shape index (κ2) is 5.15. The quantitative estimate of drug-likeness (QED) is 0.848. The summed E-state index contributed by atoms with van der Waals surface area (Å²) in [5, 5.41) is 0. The Kier molecular flexibility index (Phi) is 3.19. The molecule has 1 aliphatic carbocycles. The van der Waals surface area contributed by atoms with Gasteiger partial charge in [0.1, 0.15) is 17.0 Å². The van der Waals surface area contributed by atoms with E-state index in [-0.39, 0.29) is 5.56 Å². The number of rotatable bonds is 2. The van der Waals surface area contributed by atoms with Gasteiger partial charge in [0.05, 0.1) is 19.9 Å². The molecular weight excluding hydrogens is 318 g/mol. The highest BCUT2D eigenvalue weighted by Gasteiger charge is 2.51. The predicted molar refractivity (Wildman–Crippen MR) is 81.4 cm³/mol. The van der Waals surface area contributed by atoms with Crippen LogP contribution in [-0.4, -0.2) is 30.1 Å². The first-order chi connectivity index (χ1) is 11.5. The number of anilines is 1. The monoisotopic (exact) mass is 332 g/mol. The fourth-order valence-corrected chi connectivity index (χ4v) is 2.92. The molecule has 2 aromatic rings. The number of aromatic nitrogens is 1. The lowest BCUT2D eigenvalue weighted by Gasteiger charge is -2.35. The fourth-order valence-electron chi connectivity index (χ4n) is 2.92. The van der Waals surface area contributed by atoms with E-state index in [1.165, 1.54) is 18.2 Å². The van der Waals surface area contributed by atoms with Crippen molar-refractivity contribution in [1.82, 2.24) is 4.98 Å². The number of carbonyl (C=O) groups is 1. The molecule has 1 fully saturated rings. The van der Waals surface area contributed by atoms with Gasteiger partial charge in [0.15, 0.2) is 17.4 Å². The zero-order valence-corrected chi connectivity index (χ0v) is 12.9. The van der Waals surface area contributed by atoms with Gasteiger partial charge in [-0.3, -0.25) is 14.7 Å². The minimum atomic E-state index is -0.915. The Hall–Kier alpha value is -2.70. The van der Waals surface area contributed by atoms with Crippen molar-refractivity contribution in [3.8, 4) is 11.5 Å². The lowest BCUT2D eigenvalue weighted by Crippen LogP contribution is -2.45. The summed E-state index contributed by atoms with van der Waals surface area (Å²) in [6, 6.07) is 3.65. The Bertz CT molecular complexity index is 813. The number of fused-ring (bicyclic) bond motifs is 1. The molecule has 7 heteroatoms. The number of nitrogens with zero attached hydrogens (tertiary/aromatic N) is 2. The standard InChI is InChI=1S/C17H14F2N2O3/c1-23-15-11(18)6-10(7-12(15)19)16(22)21-9-17(3-4-17)24-14-2-5-20-8-13(14)21/h2,5-8H,3-4,9H2,1H3. The molecule has 0 bridgehead atoms. The molecule has 1 aromatic heterocycles. The third-order valence-electron chi connectivity index (χ3n) is 4.33. The molecule has 1 spiro atoms. The van der Waals surface area contributed by atoms with Crippen LogP contribution in [0, 0.1) is 11.6 Å². The van der Waals surface area contributed by atoms with Gasteiger partial charge >= 0.3 is 0 Å². The van der Waals surface area contributed by atoms with Gasteiger partial charge in [-0.15, -0.1) is 0 Å². The summed E-state index contributed by atoms with van der Waals surface area (Å²) >= 11 is 0. The predicted octanol–water partition coefficient (Wildman–Crippen LogP) is 2.94. The number of pyridine rings is 1. The zero-order valence-electron chi connectivity index (χ0n) is 12.9. The van der Waals surface area contributed by atoms with Gasteiger partial charge in [0.25, 0.3) is 5.91 Å². The molecule has 2 aliphatic rings. The molecule has 0 N–H and O–H groups in total. The molecule has 124 valence electrons. The summed E-state index contributed by atoms with van der Waals surface area (Å²) in [7, 11) is 1.17. The Labute approximate surface area is 136 Å². The molecule has 0 saturated heterocycles. The molecule has 1 aliphatic heterocycles. The topological polar surface area (TPSA) is 51.7 Å². The van der Waals surface area contributed by atoms with E-state index in [1.807, 2.05) is 0 Å². The third-order valence-corrected chi connectivity index (χ3v) is 4.33. The lowest BCUT2D eigenvalue weighted by atomic mass is 10.1. The second-order valence-corrected chi connectivity index (χ2v) is 5.99. The van der Waals surface area contributed by atoms with E-state index in [0.717, 1.165) is 25.0 Å². The van der Waals surface area contributed by atoms with Crippen LogP contribution in [0.3, 0.4) is 0 Å². The van der Waals surface area contributed by atoms with E-state index in [1.54, 1.807) is 12.3 Å². The molecule has 4 rings (SSSR count). The number of carbonyl (C=O) groups excluding carboxylic acids is 1. The average Bonchev–Trinajstić information content (AvgIpc) is 3.31. The highest BCUT2D eigenvalue weighted by molar-refractivity contribution is 6.07. The first-order valence-electron chi connectivity index (χ1n) is 7.51. The van der Waals surface area contributed by atoms with Crippen molar-refractivity contribution in [2.24, 2.45) is 0 Å². The fraction of sp³-hybridized carbons (Fsp3) is 0.294. The van der Waals surface area contributed by atoms with Gasteiger partial charge < -0.3 is 9.47 Å². The van der Waals surface area contributed by atoms with Crippen LogP contribution in [0.2, 0.25) is 0 Å². The number of halogens is 2. The highest BCUT2D eigenvalue weighted by Crippen LogP contribution is 2.48. The van der Waals surface area contributed by atoms with Crippen LogP contribution in [0.1, 0.15) is 23.2 Å². The third kappa shape index (κ3) is 2.28. The number of hydrogen-bond donors (Lipinski definition) is 0. The number of hydrogen-bond acceptors (Lipinski definition) is 4. The minimum Gasteiger partial charge on any atom is -0.491 e. The second-order valence-electron chi connectivity index (χ2n) is 5.99. The van der Waals surface area contributed by atoms with Crippen molar-refractivity contribution < 1.29 is 23.0 Å². The normalized spacial score (nSPS) is 17.2. The van der Waals surface area contributed by atoms with Crippen LogP contribution >= 0.6 is 0 Å². The van der Waals surface area contributed by atoms with Crippen molar-refractivity contribution in [2.75, 3.05) is 18.6 Å². The molecule has 0 unspecified atom stereocenters. The Balaban J connectivity index is 1.75. The summed E-state index contributed by atoms with van der Waals surface area (Å²) in [4.78, 5) is 18.3. The van der Waals surface area contributed by atoms with Gasteiger partial charge in [0.2, 0.25) is 0 Å². The SMILES string of the molecule is COc1c(F)cc(C(=O)N2CC3(CC3)Oc3ccncc32)cc1F. The summed E-state index contributed by atoms with van der Waals surface area (Å²) in [5.41, 5.74) is 0.0167. The van der Waals surface area contributed by atoms with E-state index >= 15 is 0 Å². The van der Waals surface area contributed by atoms with E-state index in [9.17, 15) is 13.6 Å². The molecule has 24 heavy (non-hydrogen) atoms. The van der Waals surface area contributed by atoms with Gasteiger partial charge in [-0.2, -0.15) is 0 Å². The van der Waals surface area contributed by atoms with E-state index in [2.05, 4.69) is 9.72 Å². The van der Waals surface area contributed by atoms with Crippen molar-refractivity contribution in [2.45, 2.75) is 18.4 Å². The van der Waals surface area contributed by atoms with Crippen molar-refractivity contribution in [3.63, 3.8) is 0 Å². The Morgan fingerprint density at radius 1 is 1.33 bits per heavy atom. The number of ether oxygens (including phenoxy) is 2. The lowest BCUT2D eigenvalue weighted by molar-refractivity contribution is 0.0942. The molecule has 2 heterocycles. The van der Waals surface area contributed by atoms with Crippen LogP contribution in [-0.2, 0) is 0 Å². The van der Waals surface area contributed by atoms with Crippen LogP contribution in [0.15, 0.2) is 30.6 Å². The largest absolute Gasteiger partial charge is 0.491 e. The van der Waals surface area contributed by atoms with Crippen LogP contribution < -0.4 is 14.4 Å². The first kappa shape index (κ1) is 14.9. The average molecular weight is 332 g/mol. The molecule has 0 radical (unpaired) electrons. The first-order valence-corrected chi connectivity index (χ1v) is 7.51. The van der Waals surface area contributed by atoms with Crippen LogP contribution in [0.5, 0.6) is 11.5 Å². The number of benzene rings is 1. The maximum atomic E-state index is 13.9. The smallest absolute Gasteiger partial charge is 0.258 e. The van der Waals surface area contributed by atoms with E-state index < -0.39 is 28.9 Å². The maximum absolute atomic E-state index is 13.9. The van der Waals surface area contributed by atoms with Gasteiger partial charge in [-0.1, -0.05) is 0 Å². The van der Waals surface area contributed by atoms with Gasteiger partial charge in [0, 0.05) is 17.8 Å². The molecule has 0 atom stereocenters. The molecule has 5 nitrogen and oxygen atoms in total. The van der Waals surface area contributed by atoms with Gasteiger partial charge in [-0.05, 0) is 25.0 Å². The molecule has 1 amide bonds. The van der Waals surface area contributed by atoms with Crippen LogP contribution in [0.4, 0.5) is 14.5 Å². The zero-order chi connectivity index (χ0) is 16.9. The van der Waals surface area contributed by atoms with Gasteiger partial charge in [-0.25, -0.2) is 8.78 Å². The molecule has 1 saturated carbocycles. The summed E-state index contributed by atoms with van der Waals surface area (Å²) in [6.45, 7) is 0.333. The minimum absolute atomic E-state index is 0.0849. The van der Waals surface area contributed by atoms with Crippen molar-refractivity contribution in [3.05, 3.63) is 47.8 Å². The van der Waals surface area contributed by atoms with E-state index in [0.29, 0.717) is 18.0 Å². The summed E-state index contributed by atoms with van der Waals surface area (Å²) in [5.74, 6) is -2.28. The maximum Gasteiger partial charge on any atom is 0.258 e. The van der Waals surface area contributed by atoms with Crippen LogP contribution in [0.25, 0.3) is 0 Å². The Morgan fingerprint density at radius 3 is 2.67 bits per heavy atom. The van der Waals surface area contributed by atoms with E-state index in [4.69, 9.17) is 4.74 Å².